The monoisotopic (exact) mass is 515 g/mol. The Morgan fingerprint density at radius 2 is 2.03 bits per heavy atom. The number of alkyl halides is 3. The molecule has 0 spiro atoms. The minimum absolute atomic E-state index is 0.0635. The predicted molar refractivity (Wildman–Crippen MR) is 124 cm³/mol. The molecule has 3 aromatic rings. The first-order valence-electron chi connectivity index (χ1n) is 11.5. The molecule has 8 nitrogen and oxygen atoms in total. The van der Waals surface area contributed by atoms with Crippen LogP contribution in [0.25, 0.3) is 0 Å². The summed E-state index contributed by atoms with van der Waals surface area (Å²) in [6.07, 6.45) is -1.26. The first-order valence-corrected chi connectivity index (χ1v) is 12.3. The maximum atomic E-state index is 14.0. The van der Waals surface area contributed by atoms with Gasteiger partial charge in [-0.1, -0.05) is 6.07 Å². The van der Waals surface area contributed by atoms with Gasteiger partial charge < -0.3 is 20.1 Å². The number of nitriles is 1. The lowest BCUT2D eigenvalue weighted by Gasteiger charge is -2.33. The summed E-state index contributed by atoms with van der Waals surface area (Å²) in [5.74, 6) is 0.443. The SMILES string of the molecule is N#Cc1c(NC(=O)c2cc3n(n2)[C@@H](C(F)(F)F)C[C@@H](c2ccc4c(c2)OCO4)N3)sc2c1CCCC2. The van der Waals surface area contributed by atoms with Crippen LogP contribution in [0.1, 0.15) is 63.4 Å². The van der Waals surface area contributed by atoms with E-state index in [0.717, 1.165) is 40.8 Å². The van der Waals surface area contributed by atoms with Crippen molar-refractivity contribution in [1.82, 2.24) is 9.78 Å². The van der Waals surface area contributed by atoms with E-state index in [0.29, 0.717) is 27.6 Å². The molecule has 0 bridgehead atoms. The molecule has 12 heteroatoms. The Balaban J connectivity index is 1.30. The fraction of sp³-hybridized carbons (Fsp3) is 0.375. The van der Waals surface area contributed by atoms with Crippen molar-refractivity contribution < 1.29 is 27.4 Å². The lowest BCUT2D eigenvalue weighted by Crippen LogP contribution is -2.35. The van der Waals surface area contributed by atoms with E-state index in [2.05, 4.69) is 21.8 Å². The zero-order chi connectivity index (χ0) is 25.0. The highest BCUT2D eigenvalue weighted by atomic mass is 32.1. The molecule has 0 saturated heterocycles. The summed E-state index contributed by atoms with van der Waals surface area (Å²) in [4.78, 5) is 14.1. The quantitative estimate of drug-likeness (QED) is 0.489. The maximum Gasteiger partial charge on any atom is 0.410 e. The molecule has 1 aliphatic carbocycles. The molecule has 2 N–H and O–H groups in total. The number of carbonyl (C=O) groups is 1. The average Bonchev–Trinajstić information content (AvgIpc) is 3.58. The molecule has 4 heterocycles. The van der Waals surface area contributed by atoms with Gasteiger partial charge in [-0.3, -0.25) is 4.79 Å². The van der Waals surface area contributed by atoms with Gasteiger partial charge in [0.1, 0.15) is 16.9 Å². The highest BCUT2D eigenvalue weighted by molar-refractivity contribution is 7.16. The number of rotatable bonds is 3. The lowest BCUT2D eigenvalue weighted by molar-refractivity contribution is -0.173. The first-order chi connectivity index (χ1) is 17.3. The second kappa shape index (κ2) is 8.44. The number of benzene rings is 1. The van der Waals surface area contributed by atoms with Gasteiger partial charge in [0.2, 0.25) is 6.79 Å². The molecule has 0 fully saturated rings. The molecular weight excluding hydrogens is 495 g/mol. The Kier molecular flexibility index (Phi) is 5.33. The van der Waals surface area contributed by atoms with E-state index in [1.165, 1.54) is 17.4 Å². The number of aryl methyl sites for hydroxylation is 1. The van der Waals surface area contributed by atoms with Crippen LogP contribution in [0.4, 0.5) is 24.0 Å². The number of halogens is 3. The van der Waals surface area contributed by atoms with E-state index >= 15 is 0 Å². The summed E-state index contributed by atoms with van der Waals surface area (Å²) in [7, 11) is 0. The second-order valence-corrected chi connectivity index (χ2v) is 10.0. The number of nitrogens with zero attached hydrogens (tertiary/aromatic N) is 3. The number of aromatic nitrogens is 2. The molecule has 2 aromatic heterocycles. The van der Waals surface area contributed by atoms with Crippen LogP contribution in [-0.4, -0.2) is 28.7 Å². The third kappa shape index (κ3) is 3.83. The van der Waals surface area contributed by atoms with Gasteiger partial charge in [-0.25, -0.2) is 4.68 Å². The van der Waals surface area contributed by atoms with E-state index in [-0.39, 0.29) is 24.7 Å². The third-order valence-electron chi connectivity index (χ3n) is 6.73. The van der Waals surface area contributed by atoms with E-state index in [9.17, 15) is 23.2 Å². The number of ether oxygens (including phenoxy) is 2. The summed E-state index contributed by atoms with van der Waals surface area (Å²) in [6, 6.07) is 5.90. The molecule has 36 heavy (non-hydrogen) atoms. The highest BCUT2D eigenvalue weighted by Crippen LogP contribution is 2.45. The topological polar surface area (TPSA) is 101 Å². The van der Waals surface area contributed by atoms with Crippen molar-refractivity contribution >= 4 is 28.1 Å². The molecule has 0 unspecified atom stereocenters. The predicted octanol–water partition coefficient (Wildman–Crippen LogP) is 5.34. The largest absolute Gasteiger partial charge is 0.454 e. The Bertz CT molecular complexity index is 1410. The smallest absolute Gasteiger partial charge is 0.410 e. The minimum atomic E-state index is -4.58. The second-order valence-electron chi connectivity index (χ2n) is 8.94. The van der Waals surface area contributed by atoms with Crippen LogP contribution < -0.4 is 20.1 Å². The number of hydrogen-bond acceptors (Lipinski definition) is 7. The third-order valence-corrected chi connectivity index (χ3v) is 7.94. The number of anilines is 2. The Hall–Kier alpha value is -3.72. The number of hydrogen-bond donors (Lipinski definition) is 2. The van der Waals surface area contributed by atoms with Gasteiger partial charge in [-0.05, 0) is 48.9 Å². The van der Waals surface area contributed by atoms with Crippen LogP contribution in [-0.2, 0) is 12.8 Å². The van der Waals surface area contributed by atoms with Crippen molar-refractivity contribution in [2.45, 2.75) is 50.4 Å². The Labute approximate surface area is 207 Å². The molecule has 6 rings (SSSR count). The Morgan fingerprint density at radius 3 is 2.83 bits per heavy atom. The standard InChI is InChI=1S/C24H20F3N5O3S/c25-24(26,27)20-8-15(12-5-6-17-18(7-12)35-11-34-17)29-21-9-16(31-32(20)21)22(33)30-23-14(10-28)13-3-1-2-4-19(13)36-23/h5-7,9,15,20,29H,1-4,8,11H2,(H,30,33)/t15-,20+/m0/s1. The van der Waals surface area contributed by atoms with Gasteiger partial charge in [0.15, 0.2) is 23.2 Å². The zero-order valence-electron chi connectivity index (χ0n) is 18.8. The van der Waals surface area contributed by atoms with E-state index in [4.69, 9.17) is 9.47 Å². The summed E-state index contributed by atoms with van der Waals surface area (Å²) in [6.45, 7) is 0.0635. The number of carbonyl (C=O) groups excluding carboxylic acids is 1. The minimum Gasteiger partial charge on any atom is -0.454 e. The van der Waals surface area contributed by atoms with Crippen LogP contribution in [0, 0.1) is 11.3 Å². The van der Waals surface area contributed by atoms with Gasteiger partial charge in [0.05, 0.1) is 11.6 Å². The van der Waals surface area contributed by atoms with Crippen LogP contribution >= 0.6 is 11.3 Å². The molecule has 1 amide bonds. The van der Waals surface area contributed by atoms with Crippen molar-refractivity contribution in [3.8, 4) is 17.6 Å². The zero-order valence-corrected chi connectivity index (χ0v) is 19.6. The maximum absolute atomic E-state index is 14.0. The van der Waals surface area contributed by atoms with Gasteiger partial charge >= 0.3 is 6.18 Å². The lowest BCUT2D eigenvalue weighted by atomic mass is 9.96. The fourth-order valence-electron chi connectivity index (χ4n) is 4.97. The van der Waals surface area contributed by atoms with Gasteiger partial charge in [-0.15, -0.1) is 11.3 Å². The van der Waals surface area contributed by atoms with Crippen molar-refractivity contribution in [2.75, 3.05) is 17.4 Å². The van der Waals surface area contributed by atoms with Crippen LogP contribution in [0.3, 0.4) is 0 Å². The van der Waals surface area contributed by atoms with Crippen LogP contribution in [0.5, 0.6) is 11.5 Å². The highest BCUT2D eigenvalue weighted by Gasteiger charge is 2.47. The van der Waals surface area contributed by atoms with Crippen molar-refractivity contribution in [3.05, 3.63) is 51.5 Å². The normalized spacial score (nSPS) is 20.2. The van der Waals surface area contributed by atoms with Crippen molar-refractivity contribution in [2.24, 2.45) is 0 Å². The van der Waals surface area contributed by atoms with Gasteiger partial charge in [0.25, 0.3) is 5.91 Å². The number of amides is 1. The van der Waals surface area contributed by atoms with Gasteiger partial charge in [-0.2, -0.15) is 23.5 Å². The van der Waals surface area contributed by atoms with E-state index in [1.54, 1.807) is 18.2 Å². The van der Waals surface area contributed by atoms with Crippen LogP contribution in [0.15, 0.2) is 24.3 Å². The molecule has 3 aliphatic rings. The summed E-state index contributed by atoms with van der Waals surface area (Å²) in [5, 5.41) is 19.9. The van der Waals surface area contributed by atoms with E-state index in [1.807, 2.05) is 0 Å². The average molecular weight is 516 g/mol. The number of fused-ring (bicyclic) bond motifs is 3. The molecule has 0 radical (unpaired) electrons. The fourth-order valence-corrected chi connectivity index (χ4v) is 6.21. The van der Waals surface area contributed by atoms with Crippen molar-refractivity contribution in [1.29, 1.82) is 5.26 Å². The van der Waals surface area contributed by atoms with E-state index < -0.39 is 24.2 Å². The molecule has 2 atom stereocenters. The first kappa shape index (κ1) is 22.7. The van der Waals surface area contributed by atoms with Crippen LogP contribution in [0.2, 0.25) is 0 Å². The summed E-state index contributed by atoms with van der Waals surface area (Å²) in [5.41, 5.74) is 1.84. The molecule has 1 aromatic carbocycles. The molecule has 0 saturated carbocycles. The number of thiophene rings is 1. The molecular formula is C24H20F3N5O3S. The summed E-state index contributed by atoms with van der Waals surface area (Å²) >= 11 is 1.35. The van der Waals surface area contributed by atoms with Crippen molar-refractivity contribution in [3.63, 3.8) is 0 Å². The molecule has 186 valence electrons. The number of nitrogens with one attached hydrogen (secondary N) is 2. The van der Waals surface area contributed by atoms with Gasteiger partial charge in [0, 0.05) is 17.4 Å². The summed E-state index contributed by atoms with van der Waals surface area (Å²) < 4.78 is 53.6. The molecule has 2 aliphatic heterocycles. The Morgan fingerprint density at radius 1 is 1.22 bits per heavy atom.